The smallest absolute Gasteiger partial charge is 0.338 e. The van der Waals surface area contributed by atoms with E-state index in [4.69, 9.17) is 18.7 Å². The molecule has 0 fully saturated rings. The minimum atomic E-state index is -0.613. The molecule has 3 rings (SSSR count). The normalized spacial score (nSPS) is 15.6. The molecular weight excluding hydrogens is 418 g/mol. The van der Waals surface area contributed by atoms with E-state index in [1.807, 2.05) is 13.8 Å². The number of esters is 2. The highest BCUT2D eigenvalue weighted by molar-refractivity contribution is 5.95. The average molecular weight is 443 g/mol. The summed E-state index contributed by atoms with van der Waals surface area (Å²) < 4.78 is 21.2. The fourth-order valence-electron chi connectivity index (χ4n) is 3.17. The van der Waals surface area contributed by atoms with Crippen molar-refractivity contribution < 1.29 is 33.1 Å². The molecular formula is C22H25N3O7. The molecule has 0 saturated heterocycles. The third kappa shape index (κ3) is 5.26. The van der Waals surface area contributed by atoms with E-state index in [0.717, 1.165) is 11.3 Å². The zero-order valence-electron chi connectivity index (χ0n) is 18.3. The van der Waals surface area contributed by atoms with Crippen LogP contribution in [0.1, 0.15) is 41.2 Å². The van der Waals surface area contributed by atoms with Crippen LogP contribution in [-0.2, 0) is 20.9 Å². The van der Waals surface area contributed by atoms with Crippen LogP contribution in [0.15, 0.2) is 40.1 Å². The van der Waals surface area contributed by atoms with Crippen molar-refractivity contribution in [2.75, 3.05) is 13.2 Å². The van der Waals surface area contributed by atoms with Crippen LogP contribution in [-0.4, -0.2) is 42.4 Å². The number of urea groups is 1. The molecule has 2 N–H and O–H groups in total. The number of hydrogen-bond acceptors (Lipinski definition) is 8. The summed E-state index contributed by atoms with van der Waals surface area (Å²) >= 11 is 0. The van der Waals surface area contributed by atoms with E-state index in [-0.39, 0.29) is 24.5 Å². The molecule has 0 unspecified atom stereocenters. The molecule has 1 aliphatic heterocycles. The van der Waals surface area contributed by atoms with E-state index >= 15 is 0 Å². The first-order chi connectivity index (χ1) is 15.3. The summed E-state index contributed by atoms with van der Waals surface area (Å²) in [4.78, 5) is 36.5. The van der Waals surface area contributed by atoms with Crippen molar-refractivity contribution in [2.45, 2.75) is 40.3 Å². The molecule has 1 aliphatic rings. The van der Waals surface area contributed by atoms with Crippen molar-refractivity contribution >= 4 is 18.0 Å². The predicted octanol–water partition coefficient (Wildman–Crippen LogP) is 2.55. The Kier molecular flexibility index (Phi) is 7.14. The average Bonchev–Trinajstić information content (AvgIpc) is 3.07. The van der Waals surface area contributed by atoms with Crippen LogP contribution in [0, 0.1) is 13.8 Å². The maximum atomic E-state index is 12.4. The van der Waals surface area contributed by atoms with Gasteiger partial charge in [0.25, 0.3) is 0 Å². The summed E-state index contributed by atoms with van der Waals surface area (Å²) in [7, 11) is 0. The summed E-state index contributed by atoms with van der Waals surface area (Å²) in [6.45, 7) is 7.17. The lowest BCUT2D eigenvalue weighted by Crippen LogP contribution is -2.50. The molecule has 0 radical (unpaired) electrons. The molecule has 2 aromatic rings. The molecule has 2 heterocycles. The van der Waals surface area contributed by atoms with Gasteiger partial charge in [0.1, 0.15) is 24.7 Å². The summed E-state index contributed by atoms with van der Waals surface area (Å²) in [6, 6.07) is 5.35. The van der Waals surface area contributed by atoms with Gasteiger partial charge in [0, 0.05) is 0 Å². The van der Waals surface area contributed by atoms with Gasteiger partial charge in [-0.2, -0.15) is 0 Å². The van der Waals surface area contributed by atoms with Gasteiger partial charge in [0.05, 0.1) is 40.7 Å². The van der Waals surface area contributed by atoms with E-state index in [9.17, 15) is 14.4 Å². The second kappa shape index (κ2) is 9.99. The van der Waals surface area contributed by atoms with Crippen molar-refractivity contribution in [1.29, 1.82) is 0 Å². The van der Waals surface area contributed by atoms with Crippen LogP contribution in [0.25, 0.3) is 0 Å². The number of benzene rings is 1. The van der Waals surface area contributed by atoms with Gasteiger partial charge in [-0.05, 0) is 52.0 Å². The summed E-state index contributed by atoms with van der Waals surface area (Å²) in [5.41, 5.74) is 2.33. The minimum Gasteiger partial charge on any atom is -0.489 e. The van der Waals surface area contributed by atoms with Gasteiger partial charge >= 0.3 is 18.0 Å². The minimum absolute atomic E-state index is 0.181. The lowest BCUT2D eigenvalue weighted by Gasteiger charge is -2.26. The number of nitrogens with one attached hydrogen (secondary N) is 2. The van der Waals surface area contributed by atoms with Crippen molar-refractivity contribution in [3.05, 3.63) is 58.1 Å². The van der Waals surface area contributed by atoms with Crippen LogP contribution in [0.2, 0.25) is 0 Å². The van der Waals surface area contributed by atoms with Gasteiger partial charge < -0.3 is 29.4 Å². The Labute approximate surface area is 184 Å². The van der Waals surface area contributed by atoms with Crippen molar-refractivity contribution in [2.24, 2.45) is 0 Å². The predicted molar refractivity (Wildman–Crippen MR) is 112 cm³/mol. The summed E-state index contributed by atoms with van der Waals surface area (Å²) in [5, 5.41) is 8.97. The number of rotatable bonds is 8. The molecule has 0 spiro atoms. The van der Waals surface area contributed by atoms with E-state index in [0.29, 0.717) is 23.7 Å². The fourth-order valence-corrected chi connectivity index (χ4v) is 3.17. The molecule has 1 aromatic heterocycles. The third-order valence-electron chi connectivity index (χ3n) is 4.87. The lowest BCUT2D eigenvalue weighted by atomic mass is 10.0. The van der Waals surface area contributed by atoms with Gasteiger partial charge in [-0.3, -0.25) is 0 Å². The Balaban J connectivity index is 1.63. The number of carbonyl (C=O) groups is 3. The van der Waals surface area contributed by atoms with Crippen molar-refractivity contribution in [1.82, 2.24) is 15.8 Å². The molecule has 10 nitrogen and oxygen atoms in total. The maximum Gasteiger partial charge on any atom is 0.338 e. The number of ether oxygens (including phenoxy) is 3. The zero-order valence-corrected chi connectivity index (χ0v) is 18.3. The van der Waals surface area contributed by atoms with Gasteiger partial charge in [-0.15, -0.1) is 0 Å². The second-order valence-corrected chi connectivity index (χ2v) is 7.12. The Morgan fingerprint density at radius 1 is 1.09 bits per heavy atom. The Morgan fingerprint density at radius 2 is 1.81 bits per heavy atom. The highest BCUT2D eigenvalue weighted by atomic mass is 16.5. The van der Waals surface area contributed by atoms with Crippen LogP contribution >= 0.6 is 0 Å². The number of amides is 2. The van der Waals surface area contributed by atoms with Gasteiger partial charge in [0.15, 0.2) is 0 Å². The molecule has 1 aromatic carbocycles. The highest BCUT2D eigenvalue weighted by Crippen LogP contribution is 2.19. The Hall–Kier alpha value is -3.82. The first-order valence-electron chi connectivity index (χ1n) is 10.1. The van der Waals surface area contributed by atoms with Crippen molar-refractivity contribution in [3.8, 4) is 5.75 Å². The molecule has 10 heteroatoms. The molecule has 0 saturated carbocycles. The summed E-state index contributed by atoms with van der Waals surface area (Å²) in [6.07, 6.45) is 0. The first-order valence-corrected chi connectivity index (χ1v) is 10.1. The highest BCUT2D eigenvalue weighted by Gasteiger charge is 2.30. The van der Waals surface area contributed by atoms with Gasteiger partial charge in [0.2, 0.25) is 0 Å². The number of aryl methyl sites for hydroxylation is 2. The molecule has 1 atom stereocenters. The maximum absolute atomic E-state index is 12.4. The fraction of sp³-hybridized carbons (Fsp3) is 0.364. The molecule has 0 aliphatic carbocycles. The third-order valence-corrected chi connectivity index (χ3v) is 4.87. The Morgan fingerprint density at radius 3 is 2.44 bits per heavy atom. The molecule has 32 heavy (non-hydrogen) atoms. The number of hydrogen-bond donors (Lipinski definition) is 2. The first kappa shape index (κ1) is 22.9. The molecule has 170 valence electrons. The van der Waals surface area contributed by atoms with E-state index in [1.54, 1.807) is 38.1 Å². The standard InChI is InChI=1S/C22H25N3O7/c1-5-29-21(27)19-13(3)23-22(28)24-18(19)11-31-20(26)15-6-8-16(9-7-15)30-10-17-12(2)25-32-14(17)4/h6-9,13H,5,10-11H2,1-4H3,(H2,23,24,28)/t13-/m0/s1. The van der Waals surface area contributed by atoms with E-state index in [2.05, 4.69) is 15.8 Å². The quantitative estimate of drug-likeness (QED) is 0.596. The van der Waals surface area contributed by atoms with Crippen molar-refractivity contribution in [3.63, 3.8) is 0 Å². The van der Waals surface area contributed by atoms with Crippen LogP contribution in [0.4, 0.5) is 4.79 Å². The molecule has 2 amide bonds. The molecule has 0 bridgehead atoms. The zero-order chi connectivity index (χ0) is 23.3. The van der Waals surface area contributed by atoms with Gasteiger partial charge in [-0.1, -0.05) is 5.16 Å². The largest absolute Gasteiger partial charge is 0.489 e. The van der Waals surface area contributed by atoms with Crippen LogP contribution in [0.3, 0.4) is 0 Å². The number of aromatic nitrogens is 1. The van der Waals surface area contributed by atoms with E-state index < -0.39 is 24.0 Å². The SMILES string of the molecule is CCOC(=O)C1=C(COC(=O)c2ccc(OCc3c(C)noc3C)cc2)NC(=O)N[C@H]1C. The number of carbonyl (C=O) groups excluding carboxylic acids is 3. The van der Waals surface area contributed by atoms with Crippen LogP contribution < -0.4 is 15.4 Å². The van der Waals surface area contributed by atoms with Gasteiger partial charge in [-0.25, -0.2) is 14.4 Å². The topological polar surface area (TPSA) is 129 Å². The van der Waals surface area contributed by atoms with Crippen LogP contribution in [0.5, 0.6) is 5.75 Å². The monoisotopic (exact) mass is 443 g/mol. The summed E-state index contributed by atoms with van der Waals surface area (Å²) in [5.74, 6) is 0.0589. The van der Waals surface area contributed by atoms with E-state index in [1.165, 1.54) is 0 Å². The lowest BCUT2D eigenvalue weighted by molar-refractivity contribution is -0.139. The Bertz CT molecular complexity index is 1020. The second-order valence-electron chi connectivity index (χ2n) is 7.12. The number of nitrogens with zero attached hydrogens (tertiary/aromatic N) is 1.